The molecular weight excluding hydrogens is 293 g/mol. The Hall–Kier alpha value is -1.56. The Bertz CT molecular complexity index is 490. The smallest absolute Gasteiger partial charge is 0.338 e. The van der Waals surface area contributed by atoms with Gasteiger partial charge < -0.3 is 10.2 Å². The van der Waals surface area contributed by atoms with Crippen LogP contribution >= 0.6 is 0 Å². The molecule has 1 fully saturated rings. The number of nitrogens with zero attached hydrogens (tertiary/aromatic N) is 1. The maximum absolute atomic E-state index is 13.3. The Kier molecular flexibility index (Phi) is 5.45. The number of nitrogens with one attached hydrogen (secondary N) is 1. The molecule has 1 aliphatic rings. The number of carbonyl (C=O) groups excluding carboxylic acids is 1. The Balaban J connectivity index is 2.12. The topological polar surface area (TPSA) is 32.3 Å². The van der Waals surface area contributed by atoms with Crippen molar-refractivity contribution in [2.75, 3.05) is 20.1 Å². The van der Waals surface area contributed by atoms with Gasteiger partial charge in [-0.05, 0) is 25.5 Å². The molecule has 22 heavy (non-hydrogen) atoms. The van der Waals surface area contributed by atoms with Gasteiger partial charge in [0.2, 0.25) is 5.91 Å². The number of hydrogen-bond donors (Lipinski definition) is 1. The molecule has 0 saturated carbocycles. The lowest BCUT2D eigenvalue weighted by Gasteiger charge is -2.27. The van der Waals surface area contributed by atoms with Crippen LogP contribution in [0.3, 0.4) is 0 Å². The van der Waals surface area contributed by atoms with Crippen molar-refractivity contribution in [3.8, 4) is 0 Å². The van der Waals surface area contributed by atoms with Crippen LogP contribution in [0, 0.1) is 0 Å². The third kappa shape index (κ3) is 4.00. The van der Waals surface area contributed by atoms with Crippen molar-refractivity contribution in [1.29, 1.82) is 0 Å². The molecule has 2 atom stereocenters. The summed E-state index contributed by atoms with van der Waals surface area (Å²) in [5.41, 5.74) is 0.146. The Morgan fingerprint density at radius 1 is 1.36 bits per heavy atom. The van der Waals surface area contributed by atoms with Gasteiger partial charge in [-0.15, -0.1) is 0 Å². The van der Waals surface area contributed by atoms with Gasteiger partial charge in [-0.3, -0.25) is 4.79 Å². The Morgan fingerprint density at radius 2 is 2.05 bits per heavy atom. The molecule has 3 nitrogen and oxygen atoms in total. The number of alkyl halides is 3. The highest BCUT2D eigenvalue weighted by Gasteiger charge is 2.43. The molecule has 2 unspecified atom stereocenters. The second-order valence-corrected chi connectivity index (χ2v) is 5.65. The Labute approximate surface area is 128 Å². The first-order valence-corrected chi connectivity index (χ1v) is 7.49. The molecule has 2 rings (SSSR count). The van der Waals surface area contributed by atoms with Gasteiger partial charge in [0, 0.05) is 25.6 Å². The summed E-state index contributed by atoms with van der Waals surface area (Å²) in [6, 6.07) is 7.67. The number of carbonyl (C=O) groups is 1. The van der Waals surface area contributed by atoms with E-state index in [0.717, 1.165) is 12.8 Å². The minimum atomic E-state index is -4.42. The molecule has 6 heteroatoms. The maximum Gasteiger partial charge on any atom is 0.396 e. The van der Waals surface area contributed by atoms with Crippen molar-refractivity contribution in [1.82, 2.24) is 10.2 Å². The second-order valence-electron chi connectivity index (χ2n) is 5.65. The molecule has 0 spiro atoms. The van der Waals surface area contributed by atoms with Crippen molar-refractivity contribution in [2.24, 2.45) is 0 Å². The summed E-state index contributed by atoms with van der Waals surface area (Å²) in [6.07, 6.45) is -3.25. The Morgan fingerprint density at radius 3 is 2.64 bits per heavy atom. The average molecular weight is 314 g/mol. The summed E-state index contributed by atoms with van der Waals surface area (Å²) >= 11 is 0. The molecule has 0 radical (unpaired) electrons. The van der Waals surface area contributed by atoms with E-state index in [1.165, 1.54) is 12.1 Å². The van der Waals surface area contributed by atoms with Crippen molar-refractivity contribution in [3.05, 3.63) is 35.9 Å². The SMILES string of the molecule is CNCC1CCCN1C(=O)CC(c1ccccc1)C(F)(F)F. The normalized spacial score (nSPS) is 20.2. The number of benzene rings is 1. The van der Waals surface area contributed by atoms with E-state index in [-0.39, 0.29) is 11.6 Å². The molecule has 0 bridgehead atoms. The van der Waals surface area contributed by atoms with E-state index in [0.29, 0.717) is 13.1 Å². The molecule has 0 aliphatic carbocycles. The van der Waals surface area contributed by atoms with Gasteiger partial charge >= 0.3 is 6.18 Å². The van der Waals surface area contributed by atoms with E-state index < -0.39 is 24.4 Å². The number of hydrogen-bond acceptors (Lipinski definition) is 2. The summed E-state index contributed by atoms with van der Waals surface area (Å²) in [7, 11) is 1.78. The largest absolute Gasteiger partial charge is 0.396 e. The quantitative estimate of drug-likeness (QED) is 0.906. The lowest BCUT2D eigenvalue weighted by atomic mass is 9.94. The number of amides is 1. The fourth-order valence-electron chi connectivity index (χ4n) is 3.01. The van der Waals surface area contributed by atoms with Crippen LogP contribution in [-0.2, 0) is 4.79 Å². The van der Waals surface area contributed by atoms with Crippen LogP contribution in [0.2, 0.25) is 0 Å². The third-order valence-corrected chi connectivity index (χ3v) is 4.11. The van der Waals surface area contributed by atoms with E-state index in [2.05, 4.69) is 5.32 Å². The van der Waals surface area contributed by atoms with Crippen LogP contribution in [0.25, 0.3) is 0 Å². The van der Waals surface area contributed by atoms with Gasteiger partial charge in [0.05, 0.1) is 5.92 Å². The lowest BCUT2D eigenvalue weighted by molar-refractivity contribution is -0.161. The van der Waals surface area contributed by atoms with E-state index in [1.54, 1.807) is 30.1 Å². The van der Waals surface area contributed by atoms with Gasteiger partial charge in [-0.25, -0.2) is 0 Å². The summed E-state index contributed by atoms with van der Waals surface area (Å²) in [5.74, 6) is -2.15. The molecule has 0 aromatic heterocycles. The highest BCUT2D eigenvalue weighted by molar-refractivity contribution is 5.78. The first-order chi connectivity index (χ1) is 10.4. The number of halogens is 3. The molecule has 1 amide bonds. The van der Waals surface area contributed by atoms with Gasteiger partial charge in [0.25, 0.3) is 0 Å². The van der Waals surface area contributed by atoms with Crippen molar-refractivity contribution in [2.45, 2.75) is 37.4 Å². The summed E-state index contributed by atoms with van der Waals surface area (Å²) in [5, 5.41) is 2.99. The molecular formula is C16H21F3N2O. The van der Waals surface area contributed by atoms with Gasteiger partial charge in [-0.2, -0.15) is 13.2 Å². The highest BCUT2D eigenvalue weighted by Crippen LogP contribution is 2.38. The summed E-state index contributed by atoms with van der Waals surface area (Å²) < 4.78 is 39.9. The van der Waals surface area contributed by atoms with Crippen LogP contribution in [0.15, 0.2) is 30.3 Å². The molecule has 1 heterocycles. The zero-order valence-corrected chi connectivity index (χ0v) is 12.6. The van der Waals surface area contributed by atoms with E-state index in [4.69, 9.17) is 0 Å². The van der Waals surface area contributed by atoms with Crippen molar-refractivity contribution >= 4 is 5.91 Å². The summed E-state index contributed by atoms with van der Waals surface area (Å²) in [4.78, 5) is 14.0. The number of likely N-dealkylation sites (N-methyl/N-ethyl adjacent to an activating group) is 1. The first-order valence-electron chi connectivity index (χ1n) is 7.49. The van der Waals surface area contributed by atoms with E-state index >= 15 is 0 Å². The van der Waals surface area contributed by atoms with Crippen LogP contribution in [0.1, 0.15) is 30.7 Å². The maximum atomic E-state index is 13.3. The van der Waals surface area contributed by atoms with E-state index in [9.17, 15) is 18.0 Å². The average Bonchev–Trinajstić information content (AvgIpc) is 2.93. The number of rotatable bonds is 5. The zero-order valence-electron chi connectivity index (χ0n) is 12.6. The highest BCUT2D eigenvalue weighted by atomic mass is 19.4. The molecule has 1 aromatic rings. The third-order valence-electron chi connectivity index (χ3n) is 4.11. The molecule has 1 aliphatic heterocycles. The lowest BCUT2D eigenvalue weighted by Crippen LogP contribution is -2.42. The van der Waals surface area contributed by atoms with Crippen LogP contribution in [-0.4, -0.2) is 43.2 Å². The monoisotopic (exact) mass is 314 g/mol. The van der Waals surface area contributed by atoms with Gasteiger partial charge in [0.15, 0.2) is 0 Å². The second kappa shape index (κ2) is 7.13. The fraction of sp³-hybridized carbons (Fsp3) is 0.562. The minimum absolute atomic E-state index is 0.00200. The van der Waals surface area contributed by atoms with Crippen molar-refractivity contribution in [3.63, 3.8) is 0 Å². The predicted octanol–water partition coefficient (Wildman–Crippen LogP) is 2.93. The summed E-state index contributed by atoms with van der Waals surface area (Å²) in [6.45, 7) is 1.16. The standard InChI is InChI=1S/C16H21F3N2O/c1-20-11-13-8-5-9-21(13)15(22)10-14(16(17,18)19)12-6-3-2-4-7-12/h2-4,6-7,13-14,20H,5,8-11H2,1H3. The van der Waals surface area contributed by atoms with E-state index in [1.807, 2.05) is 0 Å². The van der Waals surface area contributed by atoms with Crippen molar-refractivity contribution < 1.29 is 18.0 Å². The molecule has 1 aromatic carbocycles. The van der Waals surface area contributed by atoms with Gasteiger partial charge in [0.1, 0.15) is 0 Å². The molecule has 1 saturated heterocycles. The molecule has 1 N–H and O–H groups in total. The first kappa shape index (κ1) is 16.8. The van der Waals surface area contributed by atoms with Crippen LogP contribution < -0.4 is 5.32 Å². The minimum Gasteiger partial charge on any atom is -0.338 e. The zero-order chi connectivity index (χ0) is 16.2. The molecule has 122 valence electrons. The predicted molar refractivity (Wildman–Crippen MR) is 78.5 cm³/mol. The van der Waals surface area contributed by atoms with Gasteiger partial charge in [-0.1, -0.05) is 30.3 Å². The van der Waals surface area contributed by atoms with Crippen LogP contribution in [0.4, 0.5) is 13.2 Å². The number of likely N-dealkylation sites (tertiary alicyclic amines) is 1. The fourth-order valence-corrected chi connectivity index (χ4v) is 3.01. The van der Waals surface area contributed by atoms with Crippen LogP contribution in [0.5, 0.6) is 0 Å².